The Morgan fingerprint density at radius 3 is 2.71 bits per heavy atom. The molecule has 1 amide bonds. The van der Waals surface area contributed by atoms with E-state index in [1.807, 2.05) is 0 Å². The predicted molar refractivity (Wildman–Crippen MR) is 128 cm³/mol. The van der Waals surface area contributed by atoms with Crippen LogP contribution in [-0.4, -0.2) is 32.5 Å². The molecule has 3 aromatic rings. The van der Waals surface area contributed by atoms with E-state index in [9.17, 15) is 23.2 Å². The van der Waals surface area contributed by atoms with E-state index in [-0.39, 0.29) is 18.0 Å². The Bertz CT molecular complexity index is 1300. The van der Waals surface area contributed by atoms with Crippen molar-refractivity contribution in [2.75, 3.05) is 11.9 Å². The number of aryl methyl sites for hydroxylation is 1. The lowest BCUT2D eigenvalue weighted by atomic mass is 9.83. The van der Waals surface area contributed by atoms with Crippen LogP contribution >= 0.6 is 27.3 Å². The molecule has 34 heavy (non-hydrogen) atoms. The van der Waals surface area contributed by atoms with E-state index in [1.54, 1.807) is 42.2 Å². The number of nitrogens with zero attached hydrogens (tertiary/aromatic N) is 4. The average Bonchev–Trinajstić information content (AvgIpc) is 3.46. The number of aromatic nitrogens is 2. The van der Waals surface area contributed by atoms with Gasteiger partial charge in [-0.25, -0.2) is 0 Å². The molecule has 1 aliphatic heterocycles. The summed E-state index contributed by atoms with van der Waals surface area (Å²) in [6, 6.07) is 10.8. The average molecular weight is 549 g/mol. The van der Waals surface area contributed by atoms with E-state index in [4.69, 9.17) is 0 Å². The normalized spacial score (nSPS) is 15.6. The largest absolute Gasteiger partial charge is 0.435 e. The van der Waals surface area contributed by atoms with Crippen molar-refractivity contribution in [2.45, 2.75) is 32.1 Å². The van der Waals surface area contributed by atoms with Crippen LogP contribution in [0.5, 0.6) is 0 Å². The maximum atomic E-state index is 13.9. The molecule has 5 nitrogen and oxygen atoms in total. The minimum Gasteiger partial charge on any atom is -0.333 e. The zero-order valence-corrected chi connectivity index (χ0v) is 20.6. The van der Waals surface area contributed by atoms with Gasteiger partial charge in [-0.3, -0.25) is 9.48 Å². The molecule has 3 heterocycles. The molecule has 0 saturated heterocycles. The van der Waals surface area contributed by atoms with Crippen molar-refractivity contribution >= 4 is 33.2 Å². The summed E-state index contributed by atoms with van der Waals surface area (Å²) < 4.78 is 42.9. The van der Waals surface area contributed by atoms with Gasteiger partial charge in [0.25, 0.3) is 0 Å². The Balaban J connectivity index is 1.88. The van der Waals surface area contributed by atoms with Crippen molar-refractivity contribution in [3.63, 3.8) is 0 Å². The Morgan fingerprint density at radius 1 is 1.32 bits per heavy atom. The highest BCUT2D eigenvalue weighted by atomic mass is 79.9. The van der Waals surface area contributed by atoms with Gasteiger partial charge in [-0.1, -0.05) is 46.8 Å². The number of amides is 1. The highest BCUT2D eigenvalue weighted by Gasteiger charge is 2.39. The topological polar surface area (TPSA) is 61.9 Å². The number of benzene rings is 1. The maximum absolute atomic E-state index is 13.9. The fourth-order valence-electron chi connectivity index (χ4n) is 4.21. The molecule has 2 aromatic heterocycles. The Labute approximate surface area is 207 Å². The third-order valence-corrected chi connectivity index (χ3v) is 7.51. The van der Waals surface area contributed by atoms with Gasteiger partial charge in [0.1, 0.15) is 10.9 Å². The first-order chi connectivity index (χ1) is 16.2. The van der Waals surface area contributed by atoms with E-state index in [2.05, 4.69) is 33.7 Å². The number of nitriles is 1. The maximum Gasteiger partial charge on any atom is 0.435 e. The summed E-state index contributed by atoms with van der Waals surface area (Å²) in [6.07, 6.45) is -3.21. The SMILES string of the molecule is C=C(CBr)C(=O)N1Cc2sc(C#N)cc2[C@H](c2ccccc2-c2cn(CC)nc2C(F)(F)F)C1. The zero-order valence-electron chi connectivity index (χ0n) is 18.2. The highest BCUT2D eigenvalue weighted by Crippen LogP contribution is 2.44. The monoisotopic (exact) mass is 548 g/mol. The molecule has 0 spiro atoms. The van der Waals surface area contributed by atoms with Gasteiger partial charge >= 0.3 is 6.18 Å². The molecule has 4 rings (SSSR count). The summed E-state index contributed by atoms with van der Waals surface area (Å²) in [5, 5.41) is 13.5. The van der Waals surface area contributed by atoms with Crippen molar-refractivity contribution in [2.24, 2.45) is 0 Å². The van der Waals surface area contributed by atoms with E-state index in [1.165, 1.54) is 22.2 Å². The Kier molecular flexibility index (Phi) is 6.69. The van der Waals surface area contributed by atoms with Crippen LogP contribution in [0, 0.1) is 11.3 Å². The fourth-order valence-corrected chi connectivity index (χ4v) is 5.49. The molecular formula is C24H20BrF3N4OS. The number of rotatable bonds is 5. The molecule has 0 aliphatic carbocycles. The van der Waals surface area contributed by atoms with Gasteiger partial charge < -0.3 is 4.90 Å². The van der Waals surface area contributed by atoms with Gasteiger partial charge in [-0.2, -0.15) is 23.5 Å². The molecule has 0 radical (unpaired) electrons. The second-order valence-corrected chi connectivity index (χ2v) is 9.61. The lowest BCUT2D eigenvalue weighted by molar-refractivity contribution is -0.141. The molecule has 10 heteroatoms. The minimum atomic E-state index is -4.62. The van der Waals surface area contributed by atoms with E-state index >= 15 is 0 Å². The molecule has 0 bridgehead atoms. The van der Waals surface area contributed by atoms with Crippen LogP contribution in [0.2, 0.25) is 0 Å². The van der Waals surface area contributed by atoms with Gasteiger partial charge in [0, 0.05) is 46.5 Å². The smallest absolute Gasteiger partial charge is 0.333 e. The standard InChI is InChI=1S/C24H20BrF3N4OS/c1-3-32-12-20(22(30-32)24(26,27)28)17-7-5-4-6-16(17)19-11-31(23(33)14(2)9-25)13-21-18(19)8-15(10-29)34-21/h4-8,12,19H,2-3,9,11,13H2,1H3/t19-/m0/s1. The van der Waals surface area contributed by atoms with Crippen molar-refractivity contribution in [3.05, 3.63) is 75.3 Å². The first kappa shape index (κ1) is 24.2. The molecule has 0 N–H and O–H groups in total. The summed E-state index contributed by atoms with van der Waals surface area (Å²) in [6.45, 7) is 6.43. The number of carbonyl (C=O) groups excluding carboxylic acids is 1. The van der Waals surface area contributed by atoms with E-state index in [0.29, 0.717) is 40.0 Å². The van der Waals surface area contributed by atoms with Crippen LogP contribution in [0.15, 0.2) is 48.7 Å². The number of fused-ring (bicyclic) bond motifs is 1. The second-order valence-electron chi connectivity index (χ2n) is 7.91. The number of halogens is 4. The summed E-state index contributed by atoms with van der Waals surface area (Å²) in [5.41, 5.74) is 1.35. The number of thiophene rings is 1. The lowest BCUT2D eigenvalue weighted by Gasteiger charge is -2.34. The van der Waals surface area contributed by atoms with E-state index in [0.717, 1.165) is 10.4 Å². The van der Waals surface area contributed by atoms with Crippen molar-refractivity contribution < 1.29 is 18.0 Å². The molecule has 0 unspecified atom stereocenters. The minimum absolute atomic E-state index is 0.00412. The van der Waals surface area contributed by atoms with Gasteiger partial charge in [-0.05, 0) is 29.7 Å². The van der Waals surface area contributed by atoms with Gasteiger partial charge in [-0.15, -0.1) is 11.3 Å². The molecule has 1 aromatic carbocycles. The Morgan fingerprint density at radius 2 is 2.06 bits per heavy atom. The first-order valence-corrected chi connectivity index (χ1v) is 12.4. The van der Waals surface area contributed by atoms with Gasteiger partial charge in [0.15, 0.2) is 5.69 Å². The number of alkyl halides is 4. The predicted octanol–water partition coefficient (Wildman–Crippen LogP) is 5.95. The van der Waals surface area contributed by atoms with Crippen LogP contribution in [-0.2, 0) is 24.1 Å². The van der Waals surface area contributed by atoms with Gasteiger partial charge in [0.05, 0.1) is 6.54 Å². The van der Waals surface area contributed by atoms with Crippen LogP contribution in [0.25, 0.3) is 11.1 Å². The van der Waals surface area contributed by atoms with Crippen molar-refractivity contribution in [1.29, 1.82) is 5.26 Å². The fraction of sp³-hybridized carbons (Fsp3) is 0.292. The number of carbonyl (C=O) groups is 1. The molecule has 1 atom stereocenters. The summed E-state index contributed by atoms with van der Waals surface area (Å²) in [5.74, 6) is -0.636. The van der Waals surface area contributed by atoms with Crippen molar-refractivity contribution in [1.82, 2.24) is 14.7 Å². The molecular weight excluding hydrogens is 529 g/mol. The number of hydrogen-bond acceptors (Lipinski definition) is 4. The van der Waals surface area contributed by atoms with Crippen LogP contribution in [0.3, 0.4) is 0 Å². The zero-order chi connectivity index (χ0) is 24.6. The van der Waals surface area contributed by atoms with Crippen LogP contribution in [0.1, 0.15) is 39.4 Å². The molecule has 176 valence electrons. The molecule has 0 saturated carbocycles. The number of hydrogen-bond donors (Lipinski definition) is 0. The first-order valence-electron chi connectivity index (χ1n) is 10.5. The highest BCUT2D eigenvalue weighted by molar-refractivity contribution is 9.09. The molecule has 0 fully saturated rings. The van der Waals surface area contributed by atoms with E-state index < -0.39 is 17.8 Å². The molecule has 1 aliphatic rings. The summed E-state index contributed by atoms with van der Waals surface area (Å²) >= 11 is 4.56. The quantitative estimate of drug-likeness (QED) is 0.292. The third-order valence-electron chi connectivity index (χ3n) is 5.80. The van der Waals surface area contributed by atoms with Crippen LogP contribution in [0.4, 0.5) is 13.2 Å². The van der Waals surface area contributed by atoms with Crippen LogP contribution < -0.4 is 0 Å². The second kappa shape index (κ2) is 9.39. The summed E-state index contributed by atoms with van der Waals surface area (Å²) in [7, 11) is 0. The van der Waals surface area contributed by atoms with Gasteiger partial charge in [0.2, 0.25) is 5.91 Å². The lowest BCUT2D eigenvalue weighted by Crippen LogP contribution is -2.39. The Hall–Kier alpha value is -2.90. The van der Waals surface area contributed by atoms with Crippen molar-refractivity contribution in [3.8, 4) is 17.2 Å². The third kappa shape index (κ3) is 4.42. The summed E-state index contributed by atoms with van der Waals surface area (Å²) in [4.78, 5) is 15.9.